The molecule has 0 bridgehead atoms. The van der Waals surface area contributed by atoms with Gasteiger partial charge in [0, 0.05) is 0 Å². The number of aryl methyl sites for hydroxylation is 1. The van der Waals surface area contributed by atoms with Gasteiger partial charge in [-0.3, -0.25) is 0 Å². The number of phenolic OH excluding ortho intramolecular Hbond substituents is 1. The van der Waals surface area contributed by atoms with Crippen molar-refractivity contribution in [2.45, 2.75) is 13.3 Å². The maximum Gasteiger partial charge on any atom is 0.137 e. The van der Waals surface area contributed by atoms with Crippen molar-refractivity contribution >= 4 is 0 Å². The molecule has 14 heavy (non-hydrogen) atoms. The van der Waals surface area contributed by atoms with Gasteiger partial charge < -0.3 is 9.52 Å². The van der Waals surface area contributed by atoms with E-state index in [-0.39, 0.29) is 5.75 Å². The Balaban J connectivity index is 2.51. The van der Waals surface area contributed by atoms with Crippen molar-refractivity contribution in [3.05, 3.63) is 42.2 Å². The van der Waals surface area contributed by atoms with Crippen LogP contribution in [-0.4, -0.2) is 5.11 Å². The number of aromatic hydroxyl groups is 1. The Hall–Kier alpha value is -1.70. The Labute approximate surface area is 82.8 Å². The quantitative estimate of drug-likeness (QED) is 0.785. The topological polar surface area (TPSA) is 33.4 Å². The molecule has 0 fully saturated rings. The van der Waals surface area contributed by atoms with Crippen molar-refractivity contribution in [1.29, 1.82) is 0 Å². The van der Waals surface area contributed by atoms with Crippen LogP contribution in [0.3, 0.4) is 0 Å². The lowest BCUT2D eigenvalue weighted by Crippen LogP contribution is -1.82. The van der Waals surface area contributed by atoms with Crippen LogP contribution in [-0.2, 0) is 6.42 Å². The lowest BCUT2D eigenvalue weighted by molar-refractivity contribution is 0.473. The van der Waals surface area contributed by atoms with Crippen LogP contribution < -0.4 is 0 Å². The van der Waals surface area contributed by atoms with Gasteiger partial charge in [0.05, 0.1) is 11.8 Å². The molecular weight excluding hydrogens is 176 g/mol. The molecule has 2 nitrogen and oxygen atoms in total. The third kappa shape index (κ3) is 1.51. The van der Waals surface area contributed by atoms with Crippen molar-refractivity contribution in [2.75, 3.05) is 0 Å². The highest BCUT2D eigenvalue weighted by Crippen LogP contribution is 2.30. The van der Waals surface area contributed by atoms with Gasteiger partial charge in [0.1, 0.15) is 11.5 Å². The average molecular weight is 188 g/mol. The minimum Gasteiger partial charge on any atom is -0.507 e. The van der Waals surface area contributed by atoms with Gasteiger partial charge in [0.15, 0.2) is 0 Å². The highest BCUT2D eigenvalue weighted by Gasteiger charge is 2.06. The van der Waals surface area contributed by atoms with Gasteiger partial charge in [0.25, 0.3) is 0 Å². The molecule has 1 aromatic carbocycles. The fraction of sp³-hybridized carbons (Fsp3) is 0.167. The zero-order chi connectivity index (χ0) is 9.97. The van der Waals surface area contributed by atoms with Gasteiger partial charge >= 0.3 is 0 Å². The van der Waals surface area contributed by atoms with Crippen molar-refractivity contribution in [3.8, 4) is 17.1 Å². The molecule has 0 saturated carbocycles. The number of phenols is 1. The van der Waals surface area contributed by atoms with Crippen LogP contribution in [0.5, 0.6) is 5.75 Å². The second-order valence-electron chi connectivity index (χ2n) is 3.18. The van der Waals surface area contributed by atoms with Gasteiger partial charge in [-0.05, 0) is 36.2 Å². The second-order valence-corrected chi connectivity index (χ2v) is 3.18. The van der Waals surface area contributed by atoms with Gasteiger partial charge in [-0.15, -0.1) is 0 Å². The van der Waals surface area contributed by atoms with Crippen LogP contribution in [0.15, 0.2) is 41.0 Å². The van der Waals surface area contributed by atoms with Crippen molar-refractivity contribution < 1.29 is 9.52 Å². The Morgan fingerprint density at radius 1 is 1.29 bits per heavy atom. The van der Waals surface area contributed by atoms with Gasteiger partial charge in [-0.25, -0.2) is 0 Å². The van der Waals surface area contributed by atoms with Crippen molar-refractivity contribution in [3.63, 3.8) is 0 Å². The summed E-state index contributed by atoms with van der Waals surface area (Å²) in [6.45, 7) is 2.08. The molecule has 2 heteroatoms. The SMILES string of the molecule is CCc1ccc(O)c(-c2ccco2)c1. The highest BCUT2D eigenvalue weighted by molar-refractivity contribution is 5.66. The van der Waals surface area contributed by atoms with E-state index in [1.54, 1.807) is 12.3 Å². The molecule has 0 radical (unpaired) electrons. The largest absolute Gasteiger partial charge is 0.507 e. The molecule has 0 aliphatic rings. The minimum atomic E-state index is 0.261. The van der Waals surface area contributed by atoms with Crippen LogP contribution in [0, 0.1) is 0 Å². The first kappa shape index (κ1) is 8.88. The van der Waals surface area contributed by atoms with E-state index >= 15 is 0 Å². The molecule has 0 aliphatic carbocycles. The summed E-state index contributed by atoms with van der Waals surface area (Å²) in [4.78, 5) is 0. The normalized spacial score (nSPS) is 10.4. The van der Waals surface area contributed by atoms with E-state index in [4.69, 9.17) is 4.42 Å². The van der Waals surface area contributed by atoms with E-state index in [0.29, 0.717) is 5.76 Å². The van der Waals surface area contributed by atoms with Crippen molar-refractivity contribution in [1.82, 2.24) is 0 Å². The van der Waals surface area contributed by atoms with E-state index in [9.17, 15) is 5.11 Å². The molecule has 0 spiro atoms. The van der Waals surface area contributed by atoms with E-state index in [1.165, 1.54) is 5.56 Å². The predicted octanol–water partition coefficient (Wildman–Crippen LogP) is 3.21. The summed E-state index contributed by atoms with van der Waals surface area (Å²) in [7, 11) is 0. The van der Waals surface area contributed by atoms with Crippen LogP contribution in [0.25, 0.3) is 11.3 Å². The molecule has 1 aromatic heterocycles. The first-order valence-corrected chi connectivity index (χ1v) is 4.67. The number of hydrogen-bond donors (Lipinski definition) is 1. The predicted molar refractivity (Wildman–Crippen MR) is 55.2 cm³/mol. The molecular formula is C12H12O2. The van der Waals surface area contributed by atoms with Crippen molar-refractivity contribution in [2.24, 2.45) is 0 Å². The Bertz CT molecular complexity index is 416. The van der Waals surface area contributed by atoms with E-state index < -0.39 is 0 Å². The maximum atomic E-state index is 9.64. The summed E-state index contributed by atoms with van der Waals surface area (Å²) in [6.07, 6.45) is 2.56. The lowest BCUT2D eigenvalue weighted by atomic mass is 10.1. The summed E-state index contributed by atoms with van der Waals surface area (Å²) >= 11 is 0. The van der Waals surface area contributed by atoms with Gasteiger partial charge in [-0.1, -0.05) is 13.0 Å². The van der Waals surface area contributed by atoms with Crippen LogP contribution >= 0.6 is 0 Å². The fourth-order valence-electron chi connectivity index (χ4n) is 1.43. The molecule has 2 aromatic rings. The molecule has 0 saturated heterocycles. The average Bonchev–Trinajstić information content (AvgIpc) is 2.71. The Morgan fingerprint density at radius 2 is 2.14 bits per heavy atom. The third-order valence-electron chi connectivity index (χ3n) is 2.26. The second kappa shape index (κ2) is 3.58. The first-order valence-electron chi connectivity index (χ1n) is 4.67. The van der Waals surface area contributed by atoms with Crippen LogP contribution in [0.1, 0.15) is 12.5 Å². The molecule has 0 aliphatic heterocycles. The number of benzene rings is 1. The summed E-state index contributed by atoms with van der Waals surface area (Å²) < 4.78 is 5.24. The van der Waals surface area contributed by atoms with Crippen LogP contribution in [0.4, 0.5) is 0 Å². The number of hydrogen-bond acceptors (Lipinski definition) is 2. The van der Waals surface area contributed by atoms with E-state index in [1.807, 2.05) is 24.3 Å². The molecule has 2 rings (SSSR count). The summed E-state index contributed by atoms with van der Waals surface area (Å²) in [6, 6.07) is 9.23. The number of rotatable bonds is 2. The summed E-state index contributed by atoms with van der Waals surface area (Å²) in [5.41, 5.74) is 1.95. The molecule has 72 valence electrons. The van der Waals surface area contributed by atoms with E-state index in [0.717, 1.165) is 12.0 Å². The molecule has 0 unspecified atom stereocenters. The highest BCUT2D eigenvalue weighted by atomic mass is 16.3. The van der Waals surface area contributed by atoms with E-state index in [2.05, 4.69) is 6.92 Å². The van der Waals surface area contributed by atoms with Gasteiger partial charge in [0.2, 0.25) is 0 Å². The molecule has 0 atom stereocenters. The Kier molecular flexibility index (Phi) is 2.27. The molecule has 1 heterocycles. The monoisotopic (exact) mass is 188 g/mol. The van der Waals surface area contributed by atoms with Gasteiger partial charge in [-0.2, -0.15) is 0 Å². The molecule has 0 amide bonds. The third-order valence-corrected chi connectivity index (χ3v) is 2.26. The standard InChI is InChI=1S/C12H12O2/c1-2-9-5-6-11(13)10(8-9)12-4-3-7-14-12/h3-8,13H,2H2,1H3. The lowest BCUT2D eigenvalue weighted by Gasteiger charge is -2.03. The Morgan fingerprint density at radius 3 is 2.79 bits per heavy atom. The fourth-order valence-corrected chi connectivity index (χ4v) is 1.43. The summed E-state index contributed by atoms with van der Waals surface area (Å²) in [5.74, 6) is 0.968. The number of furan rings is 1. The maximum absolute atomic E-state index is 9.64. The zero-order valence-electron chi connectivity index (χ0n) is 8.03. The summed E-state index contributed by atoms with van der Waals surface area (Å²) in [5, 5.41) is 9.64. The molecule has 1 N–H and O–H groups in total. The van der Waals surface area contributed by atoms with Crippen LogP contribution in [0.2, 0.25) is 0 Å². The smallest absolute Gasteiger partial charge is 0.137 e. The zero-order valence-corrected chi connectivity index (χ0v) is 8.03. The minimum absolute atomic E-state index is 0.261. The first-order chi connectivity index (χ1) is 6.81.